The second kappa shape index (κ2) is 13.2. The highest BCUT2D eigenvalue weighted by molar-refractivity contribution is 5.69. The standard InChI is InChI=1S/C36H62O2/c1-7-8-9-10-11-12-16-34(37)38-29-21-23-35(5)28(25-29)17-18-30-32-20-19-31(27(4)15-13-14-26(2)3)36(32,6)24-22-33(30)35/h17,26-27,29-33H,7-16,18-25H2,1-6H3/t27-,29+,30-,31+,32-,33-,35-,36+/m0/s1. The first kappa shape index (κ1) is 30.2. The second-order valence-electron chi connectivity index (χ2n) is 15.2. The van der Waals surface area contributed by atoms with Gasteiger partial charge in [-0.2, -0.15) is 0 Å². The average Bonchev–Trinajstić information content (AvgIpc) is 3.23. The fourth-order valence-electron chi connectivity index (χ4n) is 10.0. The molecule has 0 aromatic heterocycles. The lowest BCUT2D eigenvalue weighted by Gasteiger charge is -2.58. The van der Waals surface area contributed by atoms with Crippen molar-refractivity contribution in [3.63, 3.8) is 0 Å². The summed E-state index contributed by atoms with van der Waals surface area (Å²) in [5.41, 5.74) is 2.54. The minimum Gasteiger partial charge on any atom is -0.462 e. The molecule has 3 saturated carbocycles. The molecule has 218 valence electrons. The van der Waals surface area contributed by atoms with Crippen LogP contribution in [0.15, 0.2) is 11.6 Å². The van der Waals surface area contributed by atoms with Crippen molar-refractivity contribution in [2.75, 3.05) is 0 Å². The van der Waals surface area contributed by atoms with Crippen LogP contribution in [0.25, 0.3) is 0 Å². The molecule has 0 spiro atoms. The number of esters is 1. The van der Waals surface area contributed by atoms with Crippen LogP contribution < -0.4 is 0 Å². The molecule has 0 unspecified atom stereocenters. The van der Waals surface area contributed by atoms with Gasteiger partial charge in [-0.3, -0.25) is 4.79 Å². The molecule has 0 saturated heterocycles. The van der Waals surface area contributed by atoms with Gasteiger partial charge in [0.05, 0.1) is 0 Å². The van der Waals surface area contributed by atoms with Crippen LogP contribution in [0.1, 0.15) is 157 Å². The van der Waals surface area contributed by atoms with Gasteiger partial charge in [0.15, 0.2) is 0 Å². The van der Waals surface area contributed by atoms with E-state index < -0.39 is 0 Å². The Balaban J connectivity index is 1.31. The zero-order valence-corrected chi connectivity index (χ0v) is 26.2. The number of unbranched alkanes of at least 4 members (excludes halogenated alkanes) is 5. The van der Waals surface area contributed by atoms with Crippen molar-refractivity contribution < 1.29 is 9.53 Å². The summed E-state index contributed by atoms with van der Waals surface area (Å²) in [5, 5.41) is 0. The normalized spacial score (nSPS) is 37.2. The Morgan fingerprint density at radius 2 is 1.68 bits per heavy atom. The molecule has 0 aromatic carbocycles. The summed E-state index contributed by atoms with van der Waals surface area (Å²) < 4.78 is 6.04. The van der Waals surface area contributed by atoms with Crippen molar-refractivity contribution in [1.29, 1.82) is 0 Å². The van der Waals surface area contributed by atoms with E-state index in [9.17, 15) is 4.79 Å². The van der Waals surface area contributed by atoms with Gasteiger partial charge in [0.1, 0.15) is 6.10 Å². The van der Waals surface area contributed by atoms with Crippen LogP contribution in [0.3, 0.4) is 0 Å². The van der Waals surface area contributed by atoms with Crippen LogP contribution >= 0.6 is 0 Å². The lowest BCUT2D eigenvalue weighted by Crippen LogP contribution is -2.51. The Labute approximate surface area is 236 Å². The molecule has 2 heteroatoms. The van der Waals surface area contributed by atoms with E-state index in [1.54, 1.807) is 5.57 Å². The monoisotopic (exact) mass is 526 g/mol. The number of hydrogen-bond acceptors (Lipinski definition) is 2. The highest BCUT2D eigenvalue weighted by Gasteiger charge is 2.59. The third-order valence-corrected chi connectivity index (χ3v) is 12.3. The molecular weight excluding hydrogens is 464 g/mol. The van der Waals surface area contributed by atoms with E-state index in [-0.39, 0.29) is 12.1 Å². The fourth-order valence-corrected chi connectivity index (χ4v) is 10.0. The molecule has 0 radical (unpaired) electrons. The topological polar surface area (TPSA) is 26.3 Å². The lowest BCUT2D eigenvalue weighted by molar-refractivity contribution is -0.151. The van der Waals surface area contributed by atoms with Crippen molar-refractivity contribution in [3.05, 3.63) is 11.6 Å². The highest BCUT2D eigenvalue weighted by Crippen LogP contribution is 2.67. The number of ether oxygens (including phenoxy) is 1. The Kier molecular flexibility index (Phi) is 10.5. The van der Waals surface area contributed by atoms with Crippen molar-refractivity contribution in [1.82, 2.24) is 0 Å². The number of carbonyl (C=O) groups is 1. The Hall–Kier alpha value is -0.790. The van der Waals surface area contributed by atoms with E-state index in [0.29, 0.717) is 17.3 Å². The Morgan fingerprint density at radius 1 is 0.921 bits per heavy atom. The summed E-state index contributed by atoms with van der Waals surface area (Å²) in [6.07, 6.45) is 25.3. The first-order chi connectivity index (χ1) is 18.2. The van der Waals surface area contributed by atoms with Gasteiger partial charge in [0.25, 0.3) is 0 Å². The molecule has 38 heavy (non-hydrogen) atoms. The number of fused-ring (bicyclic) bond motifs is 5. The first-order valence-electron chi connectivity index (χ1n) is 17.1. The van der Waals surface area contributed by atoms with Crippen molar-refractivity contribution in [3.8, 4) is 0 Å². The maximum atomic E-state index is 12.6. The molecule has 0 amide bonds. The molecule has 2 nitrogen and oxygen atoms in total. The second-order valence-corrected chi connectivity index (χ2v) is 15.2. The van der Waals surface area contributed by atoms with Crippen LogP contribution in [0, 0.1) is 46.3 Å². The number of hydrogen-bond donors (Lipinski definition) is 0. The van der Waals surface area contributed by atoms with E-state index in [1.165, 1.54) is 89.9 Å². The Bertz CT molecular complexity index is 797. The predicted molar refractivity (Wildman–Crippen MR) is 161 cm³/mol. The largest absolute Gasteiger partial charge is 0.462 e. The molecule has 4 aliphatic carbocycles. The molecule has 0 heterocycles. The molecule has 8 atom stereocenters. The van der Waals surface area contributed by atoms with Gasteiger partial charge in [0.2, 0.25) is 0 Å². The van der Waals surface area contributed by atoms with Crippen molar-refractivity contribution in [2.45, 2.75) is 163 Å². The molecule has 0 aliphatic heterocycles. The number of allylic oxidation sites excluding steroid dienone is 1. The molecule has 0 bridgehead atoms. The van der Waals surface area contributed by atoms with Crippen LogP contribution in [0.5, 0.6) is 0 Å². The van der Waals surface area contributed by atoms with Crippen LogP contribution in [0.4, 0.5) is 0 Å². The number of carbonyl (C=O) groups excluding carboxylic acids is 1. The molecule has 0 aromatic rings. The summed E-state index contributed by atoms with van der Waals surface area (Å²) >= 11 is 0. The molecular formula is C36H62O2. The predicted octanol–water partition coefficient (Wildman–Crippen LogP) is 10.7. The van der Waals surface area contributed by atoms with Gasteiger partial charge in [-0.25, -0.2) is 0 Å². The van der Waals surface area contributed by atoms with Gasteiger partial charge >= 0.3 is 5.97 Å². The minimum atomic E-state index is 0.0522. The highest BCUT2D eigenvalue weighted by atomic mass is 16.5. The van der Waals surface area contributed by atoms with Gasteiger partial charge in [0, 0.05) is 12.8 Å². The van der Waals surface area contributed by atoms with Gasteiger partial charge in [-0.05, 0) is 97.7 Å². The zero-order chi connectivity index (χ0) is 27.3. The third-order valence-electron chi connectivity index (χ3n) is 12.3. The first-order valence-corrected chi connectivity index (χ1v) is 17.1. The summed E-state index contributed by atoms with van der Waals surface area (Å²) in [6, 6.07) is 0. The smallest absolute Gasteiger partial charge is 0.306 e. The van der Waals surface area contributed by atoms with Crippen LogP contribution in [-0.2, 0) is 9.53 Å². The number of rotatable bonds is 13. The van der Waals surface area contributed by atoms with E-state index in [1.807, 2.05) is 0 Å². The van der Waals surface area contributed by atoms with Crippen molar-refractivity contribution >= 4 is 5.97 Å². The zero-order valence-electron chi connectivity index (χ0n) is 26.2. The minimum absolute atomic E-state index is 0.0522. The summed E-state index contributed by atoms with van der Waals surface area (Å²) in [5.74, 6) is 5.34. The SMILES string of the molecule is CCCCCCCCC(=O)O[C@@H]1CC[C@@]2(C)C(=CC[C@H]3[C@@H]4CC[C@H]([C@@H](C)CCCC(C)C)[C@@]4(C)CC[C@@H]32)C1. The van der Waals surface area contributed by atoms with Crippen LogP contribution in [-0.4, -0.2) is 12.1 Å². The van der Waals surface area contributed by atoms with E-state index >= 15 is 0 Å². The van der Waals surface area contributed by atoms with Gasteiger partial charge in [-0.1, -0.05) is 105 Å². The summed E-state index contributed by atoms with van der Waals surface area (Å²) in [4.78, 5) is 12.6. The summed E-state index contributed by atoms with van der Waals surface area (Å²) in [6.45, 7) is 14.9. The lowest BCUT2D eigenvalue weighted by atomic mass is 9.47. The maximum absolute atomic E-state index is 12.6. The maximum Gasteiger partial charge on any atom is 0.306 e. The van der Waals surface area contributed by atoms with E-state index in [2.05, 4.69) is 47.6 Å². The van der Waals surface area contributed by atoms with E-state index in [0.717, 1.165) is 54.8 Å². The Morgan fingerprint density at radius 3 is 2.45 bits per heavy atom. The summed E-state index contributed by atoms with van der Waals surface area (Å²) in [7, 11) is 0. The van der Waals surface area contributed by atoms with Crippen LogP contribution in [0.2, 0.25) is 0 Å². The molecule has 0 N–H and O–H groups in total. The fraction of sp³-hybridized carbons (Fsp3) is 0.917. The quantitative estimate of drug-likeness (QED) is 0.135. The average molecular weight is 527 g/mol. The van der Waals surface area contributed by atoms with Gasteiger partial charge < -0.3 is 4.74 Å². The molecule has 4 aliphatic rings. The van der Waals surface area contributed by atoms with Gasteiger partial charge in [-0.15, -0.1) is 0 Å². The molecule has 4 rings (SSSR count). The molecule has 3 fully saturated rings. The van der Waals surface area contributed by atoms with Crippen molar-refractivity contribution in [2.24, 2.45) is 46.3 Å². The van der Waals surface area contributed by atoms with E-state index in [4.69, 9.17) is 4.74 Å². The third kappa shape index (κ3) is 6.57.